The van der Waals surface area contributed by atoms with Gasteiger partial charge < -0.3 is 14.6 Å². The first kappa shape index (κ1) is 19.3. The van der Waals surface area contributed by atoms with Gasteiger partial charge in [-0.05, 0) is 19.9 Å². The van der Waals surface area contributed by atoms with Gasteiger partial charge >= 0.3 is 0 Å². The highest BCUT2D eigenvalue weighted by molar-refractivity contribution is 6.03. The molecule has 0 saturated carbocycles. The number of amides is 1. The number of fused-ring (bicyclic) bond motifs is 3. The summed E-state index contributed by atoms with van der Waals surface area (Å²) in [6.45, 7) is 11.9. The minimum absolute atomic E-state index is 0.0426. The van der Waals surface area contributed by atoms with Gasteiger partial charge in [0.2, 0.25) is 5.91 Å². The van der Waals surface area contributed by atoms with Crippen molar-refractivity contribution in [1.82, 2.24) is 19.9 Å². The third kappa shape index (κ3) is 3.95. The van der Waals surface area contributed by atoms with E-state index < -0.39 is 5.41 Å². The van der Waals surface area contributed by atoms with Gasteiger partial charge in [-0.15, -0.1) is 0 Å². The number of imidazole rings is 1. The number of pyridine rings is 1. The Hall–Kier alpha value is -2.47. The summed E-state index contributed by atoms with van der Waals surface area (Å²) >= 11 is 0. The Balaban J connectivity index is 2.03. The monoisotopic (exact) mass is 368 g/mol. The van der Waals surface area contributed by atoms with E-state index in [4.69, 9.17) is 14.7 Å². The van der Waals surface area contributed by atoms with E-state index in [1.165, 1.54) is 0 Å². The molecule has 0 aliphatic heterocycles. The molecule has 0 bridgehead atoms. The molecule has 0 radical (unpaired) electrons. The molecule has 6 nitrogen and oxygen atoms in total. The van der Waals surface area contributed by atoms with Crippen LogP contribution in [0.15, 0.2) is 24.3 Å². The van der Waals surface area contributed by atoms with Crippen molar-refractivity contribution >= 4 is 27.8 Å². The second-order valence-corrected chi connectivity index (χ2v) is 7.73. The molecule has 1 N–H and O–H groups in total. The summed E-state index contributed by atoms with van der Waals surface area (Å²) in [4.78, 5) is 21.7. The van der Waals surface area contributed by atoms with Gasteiger partial charge in [-0.1, -0.05) is 39.0 Å². The number of aryl methyl sites for hydroxylation is 1. The largest absolute Gasteiger partial charge is 0.374 e. The van der Waals surface area contributed by atoms with E-state index in [2.05, 4.69) is 16.0 Å². The van der Waals surface area contributed by atoms with Crippen LogP contribution in [0, 0.1) is 12.3 Å². The molecular weight excluding hydrogens is 340 g/mol. The van der Waals surface area contributed by atoms with E-state index in [0.29, 0.717) is 26.3 Å². The molecule has 0 unspecified atom stereocenters. The molecular formula is C21H28N4O2. The van der Waals surface area contributed by atoms with Gasteiger partial charge in [0.05, 0.1) is 16.7 Å². The maximum Gasteiger partial charge on any atom is 0.225 e. The Morgan fingerprint density at radius 2 is 1.96 bits per heavy atom. The highest BCUT2D eigenvalue weighted by atomic mass is 16.5. The summed E-state index contributed by atoms with van der Waals surface area (Å²) in [5.41, 5.74) is 3.39. The quantitative estimate of drug-likeness (QED) is 0.722. The molecule has 1 aromatic carbocycles. The number of hydrogen-bond donors (Lipinski definition) is 1. The van der Waals surface area contributed by atoms with Crippen LogP contribution in [0.4, 0.5) is 0 Å². The Kier molecular flexibility index (Phi) is 5.46. The maximum atomic E-state index is 12.2. The third-order valence-corrected chi connectivity index (χ3v) is 4.57. The standard InChI is InChI=1S/C21H28N4O2/c1-6-27-13-17-24-18-14(2)23-16-10-8-7-9-15(16)19(18)25(17)12-11-22-20(26)21(3,4)5/h7-10H,6,11-13H2,1-5H3,(H,22,26). The molecule has 0 aliphatic carbocycles. The van der Waals surface area contributed by atoms with Crippen molar-refractivity contribution in [3.63, 3.8) is 0 Å². The molecule has 1 amide bonds. The number of rotatable bonds is 6. The molecule has 144 valence electrons. The van der Waals surface area contributed by atoms with Gasteiger partial charge in [0.15, 0.2) is 0 Å². The van der Waals surface area contributed by atoms with E-state index in [1.54, 1.807) is 0 Å². The number of carbonyl (C=O) groups is 1. The number of para-hydroxylation sites is 1. The number of benzene rings is 1. The predicted molar refractivity (Wildman–Crippen MR) is 108 cm³/mol. The van der Waals surface area contributed by atoms with Crippen LogP contribution in [0.1, 0.15) is 39.2 Å². The van der Waals surface area contributed by atoms with Crippen LogP contribution < -0.4 is 5.32 Å². The smallest absolute Gasteiger partial charge is 0.225 e. The lowest BCUT2D eigenvalue weighted by Crippen LogP contribution is -2.36. The lowest BCUT2D eigenvalue weighted by atomic mass is 9.96. The molecule has 3 rings (SSSR count). The van der Waals surface area contributed by atoms with Crippen molar-refractivity contribution in [1.29, 1.82) is 0 Å². The van der Waals surface area contributed by atoms with Gasteiger partial charge in [0.1, 0.15) is 17.9 Å². The fourth-order valence-corrected chi connectivity index (χ4v) is 3.12. The molecule has 0 spiro atoms. The van der Waals surface area contributed by atoms with Crippen LogP contribution in [0.2, 0.25) is 0 Å². The summed E-state index contributed by atoms with van der Waals surface area (Å²) in [6, 6.07) is 8.09. The molecule has 0 aliphatic rings. The van der Waals surface area contributed by atoms with Crippen LogP contribution >= 0.6 is 0 Å². The first-order chi connectivity index (χ1) is 12.8. The van der Waals surface area contributed by atoms with Crippen molar-refractivity contribution in [3.8, 4) is 0 Å². The number of nitrogens with one attached hydrogen (secondary N) is 1. The lowest BCUT2D eigenvalue weighted by molar-refractivity contribution is -0.128. The highest BCUT2D eigenvalue weighted by Gasteiger charge is 2.21. The average Bonchev–Trinajstić information content (AvgIpc) is 2.98. The van der Waals surface area contributed by atoms with Crippen LogP contribution in [-0.4, -0.2) is 33.6 Å². The highest BCUT2D eigenvalue weighted by Crippen LogP contribution is 2.27. The van der Waals surface area contributed by atoms with Crippen molar-refractivity contribution in [3.05, 3.63) is 35.8 Å². The zero-order valence-corrected chi connectivity index (χ0v) is 16.8. The van der Waals surface area contributed by atoms with Crippen molar-refractivity contribution in [2.45, 2.75) is 47.8 Å². The zero-order valence-electron chi connectivity index (χ0n) is 16.8. The lowest BCUT2D eigenvalue weighted by Gasteiger charge is -2.18. The first-order valence-electron chi connectivity index (χ1n) is 9.43. The molecule has 2 aromatic heterocycles. The van der Waals surface area contributed by atoms with Crippen LogP contribution in [0.25, 0.3) is 21.9 Å². The summed E-state index contributed by atoms with van der Waals surface area (Å²) in [7, 11) is 0. The molecule has 0 atom stereocenters. The Labute approximate surface area is 159 Å². The number of aromatic nitrogens is 3. The van der Waals surface area contributed by atoms with Gasteiger partial charge in [-0.25, -0.2) is 4.98 Å². The van der Waals surface area contributed by atoms with E-state index in [1.807, 2.05) is 52.8 Å². The second kappa shape index (κ2) is 7.64. The number of hydrogen-bond acceptors (Lipinski definition) is 4. The van der Waals surface area contributed by atoms with E-state index in [-0.39, 0.29) is 5.91 Å². The van der Waals surface area contributed by atoms with Crippen LogP contribution in [0.5, 0.6) is 0 Å². The summed E-state index contributed by atoms with van der Waals surface area (Å²) in [5, 5.41) is 4.09. The van der Waals surface area contributed by atoms with Crippen LogP contribution in [0.3, 0.4) is 0 Å². The molecule has 6 heteroatoms. The Morgan fingerprint density at radius 3 is 2.67 bits per heavy atom. The van der Waals surface area contributed by atoms with Crippen LogP contribution in [-0.2, 0) is 22.7 Å². The Morgan fingerprint density at radius 1 is 1.22 bits per heavy atom. The Bertz CT molecular complexity index is 970. The van der Waals surface area contributed by atoms with Gasteiger partial charge in [-0.2, -0.15) is 0 Å². The molecule has 0 fully saturated rings. The fraction of sp³-hybridized carbons (Fsp3) is 0.476. The van der Waals surface area contributed by atoms with Gasteiger partial charge in [0, 0.05) is 30.5 Å². The van der Waals surface area contributed by atoms with E-state index in [9.17, 15) is 4.79 Å². The first-order valence-corrected chi connectivity index (χ1v) is 9.43. The molecule has 0 saturated heterocycles. The summed E-state index contributed by atoms with van der Waals surface area (Å²) in [6.07, 6.45) is 0. The number of nitrogens with zero attached hydrogens (tertiary/aromatic N) is 3. The molecule has 2 heterocycles. The van der Waals surface area contributed by atoms with E-state index >= 15 is 0 Å². The van der Waals surface area contributed by atoms with Crippen molar-refractivity contribution in [2.75, 3.05) is 13.2 Å². The SMILES string of the molecule is CCOCc1nc2c(C)nc3ccccc3c2n1CCNC(=O)C(C)(C)C. The van der Waals surface area contributed by atoms with Gasteiger partial charge in [0.25, 0.3) is 0 Å². The third-order valence-electron chi connectivity index (χ3n) is 4.57. The van der Waals surface area contributed by atoms with Crippen molar-refractivity contribution in [2.24, 2.45) is 5.41 Å². The number of ether oxygens (including phenoxy) is 1. The normalized spacial score (nSPS) is 12.0. The van der Waals surface area contributed by atoms with Crippen molar-refractivity contribution < 1.29 is 9.53 Å². The molecule has 3 aromatic rings. The summed E-state index contributed by atoms with van der Waals surface area (Å²) in [5.74, 6) is 0.902. The molecule has 27 heavy (non-hydrogen) atoms. The minimum atomic E-state index is -0.404. The van der Waals surface area contributed by atoms with Gasteiger partial charge in [-0.3, -0.25) is 9.78 Å². The second-order valence-electron chi connectivity index (χ2n) is 7.73. The topological polar surface area (TPSA) is 69.0 Å². The summed E-state index contributed by atoms with van der Waals surface area (Å²) < 4.78 is 7.79. The maximum absolute atomic E-state index is 12.2. The zero-order chi connectivity index (χ0) is 19.6. The van der Waals surface area contributed by atoms with E-state index in [0.717, 1.165) is 33.5 Å². The minimum Gasteiger partial charge on any atom is -0.374 e. The average molecular weight is 368 g/mol. The predicted octanol–water partition coefficient (Wildman–Crippen LogP) is 3.59. The fourth-order valence-electron chi connectivity index (χ4n) is 3.12. The number of carbonyl (C=O) groups excluding carboxylic acids is 1.